The first-order chi connectivity index (χ1) is 10.7. The third-order valence-electron chi connectivity index (χ3n) is 2.88. The summed E-state index contributed by atoms with van der Waals surface area (Å²) in [5.41, 5.74) is 9.59. The van der Waals surface area contributed by atoms with Crippen molar-refractivity contribution in [3.63, 3.8) is 0 Å². The molecule has 1 aliphatic rings. The van der Waals surface area contributed by atoms with Crippen LogP contribution in [-0.2, 0) is 4.79 Å². The lowest BCUT2D eigenvalue weighted by atomic mass is 10.1. The molecule has 0 saturated heterocycles. The second-order valence-corrected chi connectivity index (χ2v) is 4.85. The molecule has 2 heterocycles. The fourth-order valence-corrected chi connectivity index (χ4v) is 1.94. The van der Waals surface area contributed by atoms with Crippen molar-refractivity contribution in [1.82, 2.24) is 9.99 Å². The lowest BCUT2D eigenvalue weighted by molar-refractivity contribution is -0.131. The predicted molar refractivity (Wildman–Crippen MR) is 83.1 cm³/mol. The molecule has 1 aliphatic heterocycles. The number of hydrogen-bond acceptors (Lipinski definition) is 4. The quantitative estimate of drug-likeness (QED) is 0.281. The SMILES string of the molecule is [N-]=[N+]=NCCC#CCN1N=C(c2ccc(Cl)cn2)CCC1=O. The summed E-state index contributed by atoms with van der Waals surface area (Å²) >= 11 is 5.81. The van der Waals surface area contributed by atoms with Crippen LogP contribution >= 0.6 is 11.6 Å². The molecule has 1 aromatic heterocycles. The normalized spacial score (nSPS) is 13.8. The number of pyridine rings is 1. The van der Waals surface area contributed by atoms with Crippen LogP contribution in [0.3, 0.4) is 0 Å². The van der Waals surface area contributed by atoms with Crippen LogP contribution in [0.25, 0.3) is 10.4 Å². The molecule has 0 aromatic carbocycles. The van der Waals surface area contributed by atoms with Crippen LogP contribution in [0.5, 0.6) is 0 Å². The number of carbonyl (C=O) groups excluding carboxylic acids is 1. The Labute approximate surface area is 132 Å². The van der Waals surface area contributed by atoms with E-state index in [0.29, 0.717) is 36.5 Å². The lowest BCUT2D eigenvalue weighted by Crippen LogP contribution is -2.32. The number of rotatable bonds is 4. The van der Waals surface area contributed by atoms with Crippen LogP contribution < -0.4 is 0 Å². The minimum atomic E-state index is -0.0675. The van der Waals surface area contributed by atoms with E-state index < -0.39 is 0 Å². The molecule has 0 unspecified atom stereocenters. The minimum Gasteiger partial charge on any atom is -0.273 e. The molecule has 0 aliphatic carbocycles. The molecule has 0 atom stereocenters. The highest BCUT2D eigenvalue weighted by molar-refractivity contribution is 6.30. The van der Waals surface area contributed by atoms with E-state index in [2.05, 4.69) is 32.0 Å². The maximum absolute atomic E-state index is 11.8. The maximum atomic E-state index is 11.8. The van der Waals surface area contributed by atoms with E-state index in [1.807, 2.05) is 0 Å². The van der Waals surface area contributed by atoms with Crippen LogP contribution in [0.4, 0.5) is 0 Å². The summed E-state index contributed by atoms with van der Waals surface area (Å²) in [7, 11) is 0. The highest BCUT2D eigenvalue weighted by Crippen LogP contribution is 2.15. The Hall–Kier alpha value is -2.55. The van der Waals surface area contributed by atoms with E-state index in [4.69, 9.17) is 17.1 Å². The van der Waals surface area contributed by atoms with Gasteiger partial charge in [-0.15, -0.1) is 5.92 Å². The summed E-state index contributed by atoms with van der Waals surface area (Å²) in [5, 5.41) is 9.59. The van der Waals surface area contributed by atoms with Crippen molar-refractivity contribution in [3.8, 4) is 11.8 Å². The average molecular weight is 317 g/mol. The molecule has 7 nitrogen and oxygen atoms in total. The maximum Gasteiger partial charge on any atom is 0.243 e. The van der Waals surface area contributed by atoms with Gasteiger partial charge in [0, 0.05) is 36.9 Å². The first-order valence-electron chi connectivity index (χ1n) is 6.67. The molecule has 0 radical (unpaired) electrons. The highest BCUT2D eigenvalue weighted by Gasteiger charge is 2.21. The van der Waals surface area contributed by atoms with E-state index in [0.717, 1.165) is 5.71 Å². The van der Waals surface area contributed by atoms with Gasteiger partial charge in [-0.05, 0) is 17.7 Å². The second-order valence-electron chi connectivity index (χ2n) is 4.42. The Bertz CT molecular complexity index is 682. The molecule has 0 N–H and O–H groups in total. The van der Waals surface area contributed by atoms with Gasteiger partial charge in [-0.25, -0.2) is 5.01 Å². The molecule has 0 fully saturated rings. The van der Waals surface area contributed by atoms with E-state index in [1.165, 1.54) is 5.01 Å². The molecule has 2 rings (SSSR count). The Morgan fingerprint density at radius 2 is 2.27 bits per heavy atom. The zero-order valence-electron chi connectivity index (χ0n) is 11.7. The topological polar surface area (TPSA) is 94.3 Å². The fraction of sp³-hybridized carbons (Fsp3) is 0.357. The van der Waals surface area contributed by atoms with Gasteiger partial charge in [0.25, 0.3) is 0 Å². The Kier molecular flexibility index (Phi) is 5.78. The van der Waals surface area contributed by atoms with Crippen molar-refractivity contribution in [2.75, 3.05) is 13.1 Å². The molecular formula is C14H13ClN6O. The first kappa shape index (κ1) is 15.8. The van der Waals surface area contributed by atoms with E-state index in [-0.39, 0.29) is 12.5 Å². The number of carbonyl (C=O) groups is 1. The highest BCUT2D eigenvalue weighted by atomic mass is 35.5. The minimum absolute atomic E-state index is 0.0675. The Morgan fingerprint density at radius 3 is 3.00 bits per heavy atom. The van der Waals surface area contributed by atoms with Gasteiger partial charge in [-0.1, -0.05) is 22.6 Å². The first-order valence-corrected chi connectivity index (χ1v) is 7.05. The molecule has 0 spiro atoms. The molecule has 8 heteroatoms. The number of aromatic nitrogens is 1. The number of azide groups is 1. The van der Waals surface area contributed by atoms with E-state index in [9.17, 15) is 4.79 Å². The summed E-state index contributed by atoms with van der Waals surface area (Å²) < 4.78 is 0. The van der Waals surface area contributed by atoms with Crippen molar-refractivity contribution >= 4 is 23.2 Å². The van der Waals surface area contributed by atoms with Crippen LogP contribution in [0.2, 0.25) is 5.02 Å². The third-order valence-corrected chi connectivity index (χ3v) is 3.11. The van der Waals surface area contributed by atoms with Gasteiger partial charge < -0.3 is 0 Å². The summed E-state index contributed by atoms with van der Waals surface area (Å²) in [5.74, 6) is 5.62. The third kappa shape index (κ3) is 4.48. The molecule has 1 amide bonds. The average Bonchev–Trinajstić information content (AvgIpc) is 2.53. The van der Waals surface area contributed by atoms with Crippen molar-refractivity contribution in [1.29, 1.82) is 0 Å². The Morgan fingerprint density at radius 1 is 1.41 bits per heavy atom. The van der Waals surface area contributed by atoms with E-state index >= 15 is 0 Å². The van der Waals surface area contributed by atoms with E-state index in [1.54, 1.807) is 18.3 Å². The molecule has 1 aromatic rings. The van der Waals surface area contributed by atoms with Gasteiger partial charge in [0.15, 0.2) is 0 Å². The molecule has 0 saturated carbocycles. The number of hydrogen-bond donors (Lipinski definition) is 0. The number of nitrogens with zero attached hydrogens (tertiary/aromatic N) is 6. The second kappa shape index (κ2) is 8.03. The summed E-state index contributed by atoms with van der Waals surface area (Å²) in [4.78, 5) is 18.7. The molecule has 22 heavy (non-hydrogen) atoms. The van der Waals surface area contributed by atoms with Crippen LogP contribution in [-0.4, -0.2) is 34.7 Å². The largest absolute Gasteiger partial charge is 0.273 e. The monoisotopic (exact) mass is 316 g/mol. The number of hydrazone groups is 1. The van der Waals surface area contributed by atoms with Crippen molar-refractivity contribution in [3.05, 3.63) is 39.5 Å². The van der Waals surface area contributed by atoms with Crippen LogP contribution in [0, 0.1) is 11.8 Å². The van der Waals surface area contributed by atoms with Gasteiger partial charge in [0.05, 0.1) is 16.4 Å². The number of halogens is 1. The Balaban J connectivity index is 2.03. The lowest BCUT2D eigenvalue weighted by Gasteiger charge is -2.21. The van der Waals surface area contributed by atoms with Gasteiger partial charge in [-0.3, -0.25) is 9.78 Å². The van der Waals surface area contributed by atoms with Gasteiger partial charge in [0.1, 0.15) is 6.54 Å². The molecule has 112 valence electrons. The van der Waals surface area contributed by atoms with Crippen molar-refractivity contribution in [2.45, 2.75) is 19.3 Å². The van der Waals surface area contributed by atoms with Crippen molar-refractivity contribution in [2.24, 2.45) is 10.2 Å². The number of amides is 1. The molecular weight excluding hydrogens is 304 g/mol. The van der Waals surface area contributed by atoms with Crippen LogP contribution in [0.1, 0.15) is 25.0 Å². The summed E-state index contributed by atoms with van der Waals surface area (Å²) in [6, 6.07) is 3.52. The summed E-state index contributed by atoms with van der Waals surface area (Å²) in [6.45, 7) is 0.535. The van der Waals surface area contributed by atoms with Crippen molar-refractivity contribution < 1.29 is 4.79 Å². The zero-order valence-corrected chi connectivity index (χ0v) is 12.5. The zero-order chi connectivity index (χ0) is 15.8. The fourth-order valence-electron chi connectivity index (χ4n) is 1.83. The molecule has 0 bridgehead atoms. The van der Waals surface area contributed by atoms with Crippen LogP contribution in [0.15, 0.2) is 28.5 Å². The van der Waals surface area contributed by atoms with Gasteiger partial charge in [0.2, 0.25) is 5.91 Å². The smallest absolute Gasteiger partial charge is 0.243 e. The predicted octanol–water partition coefficient (Wildman–Crippen LogP) is 2.77. The van der Waals surface area contributed by atoms with Gasteiger partial charge >= 0.3 is 0 Å². The standard InChI is InChI=1S/C14H13ClN6O/c15-11-4-5-12(17-10-11)13-6-7-14(22)21(19-13)9-3-1-2-8-18-20-16/h4-5,10H,2,6-9H2. The summed E-state index contributed by atoms with van der Waals surface area (Å²) in [6.07, 6.45) is 2.94. The van der Waals surface area contributed by atoms with Gasteiger partial charge in [-0.2, -0.15) is 5.10 Å².